The number of hydrogen-bond donors (Lipinski definition) is 0. The second kappa shape index (κ2) is 3.92. The first kappa shape index (κ1) is 10.3. The SMILES string of the molecule is c1ccc2cc(-c3nc4cccnc4o3)ccc2c1. The van der Waals surface area contributed by atoms with E-state index in [1.54, 1.807) is 6.20 Å². The molecule has 0 aliphatic rings. The third-order valence-corrected chi connectivity index (χ3v) is 3.16. The lowest BCUT2D eigenvalue weighted by atomic mass is 10.1. The van der Waals surface area contributed by atoms with Crippen LogP contribution in [-0.4, -0.2) is 9.97 Å². The standard InChI is InChI=1S/C16H10N2O/c1-2-5-12-10-13(8-7-11(12)4-1)15-18-14-6-3-9-17-16(14)19-15/h1-10H. The minimum absolute atomic E-state index is 0.575. The molecule has 0 unspecified atom stereocenters. The summed E-state index contributed by atoms with van der Waals surface area (Å²) in [6.45, 7) is 0. The molecule has 0 bridgehead atoms. The van der Waals surface area contributed by atoms with Crippen molar-refractivity contribution in [1.82, 2.24) is 9.97 Å². The van der Waals surface area contributed by atoms with Gasteiger partial charge in [0.1, 0.15) is 5.52 Å². The Morgan fingerprint density at radius 2 is 1.74 bits per heavy atom. The monoisotopic (exact) mass is 246 g/mol. The first-order chi connectivity index (χ1) is 9.40. The van der Waals surface area contributed by atoms with Gasteiger partial charge in [0.05, 0.1) is 0 Å². The van der Waals surface area contributed by atoms with E-state index in [1.165, 1.54) is 10.8 Å². The van der Waals surface area contributed by atoms with Gasteiger partial charge in [0, 0.05) is 11.8 Å². The van der Waals surface area contributed by atoms with Crippen LogP contribution in [0.4, 0.5) is 0 Å². The molecule has 0 atom stereocenters. The van der Waals surface area contributed by atoms with E-state index in [0.29, 0.717) is 11.6 Å². The lowest BCUT2D eigenvalue weighted by molar-refractivity contribution is 0.608. The third kappa shape index (κ3) is 1.67. The summed E-state index contributed by atoms with van der Waals surface area (Å²) in [6.07, 6.45) is 1.71. The largest absolute Gasteiger partial charge is 0.418 e. The third-order valence-electron chi connectivity index (χ3n) is 3.16. The predicted molar refractivity (Wildman–Crippen MR) is 74.7 cm³/mol. The van der Waals surface area contributed by atoms with E-state index in [9.17, 15) is 0 Å². The van der Waals surface area contributed by atoms with Crippen molar-refractivity contribution < 1.29 is 4.42 Å². The van der Waals surface area contributed by atoms with Crippen molar-refractivity contribution >= 4 is 22.0 Å². The minimum atomic E-state index is 0.575. The van der Waals surface area contributed by atoms with Gasteiger partial charge in [-0.3, -0.25) is 0 Å². The van der Waals surface area contributed by atoms with Crippen molar-refractivity contribution in [2.75, 3.05) is 0 Å². The lowest BCUT2D eigenvalue weighted by Gasteiger charge is -1.99. The first-order valence-corrected chi connectivity index (χ1v) is 6.11. The molecule has 0 fully saturated rings. The normalized spacial score (nSPS) is 11.2. The molecule has 3 heteroatoms. The van der Waals surface area contributed by atoms with Gasteiger partial charge in [-0.2, -0.15) is 0 Å². The molecule has 0 spiro atoms. The maximum Gasteiger partial charge on any atom is 0.247 e. The van der Waals surface area contributed by atoms with E-state index >= 15 is 0 Å². The molecule has 0 amide bonds. The van der Waals surface area contributed by atoms with Gasteiger partial charge in [-0.15, -0.1) is 0 Å². The second-order valence-corrected chi connectivity index (χ2v) is 4.41. The molecule has 4 aromatic rings. The van der Waals surface area contributed by atoms with Crippen LogP contribution in [0.5, 0.6) is 0 Å². The zero-order chi connectivity index (χ0) is 12.7. The summed E-state index contributed by atoms with van der Waals surface area (Å²) in [6, 6.07) is 18.2. The van der Waals surface area contributed by atoms with Crippen LogP contribution in [0.25, 0.3) is 33.5 Å². The fourth-order valence-electron chi connectivity index (χ4n) is 2.22. The number of hydrogen-bond acceptors (Lipinski definition) is 3. The number of aromatic nitrogens is 2. The number of benzene rings is 2. The molecular formula is C16H10N2O. The summed E-state index contributed by atoms with van der Waals surface area (Å²) in [4.78, 5) is 8.62. The Labute approximate surface area is 109 Å². The number of nitrogens with zero attached hydrogens (tertiary/aromatic N) is 2. The molecule has 0 radical (unpaired) electrons. The van der Waals surface area contributed by atoms with Gasteiger partial charge < -0.3 is 4.42 Å². The van der Waals surface area contributed by atoms with Gasteiger partial charge in [0.25, 0.3) is 0 Å². The van der Waals surface area contributed by atoms with Crippen molar-refractivity contribution in [3.05, 3.63) is 60.8 Å². The van der Waals surface area contributed by atoms with E-state index in [-0.39, 0.29) is 0 Å². The molecule has 0 aliphatic carbocycles. The van der Waals surface area contributed by atoms with Crippen molar-refractivity contribution in [3.63, 3.8) is 0 Å². The fraction of sp³-hybridized carbons (Fsp3) is 0. The quantitative estimate of drug-likeness (QED) is 0.508. The highest BCUT2D eigenvalue weighted by Gasteiger charge is 2.08. The van der Waals surface area contributed by atoms with E-state index < -0.39 is 0 Å². The second-order valence-electron chi connectivity index (χ2n) is 4.41. The Morgan fingerprint density at radius 3 is 2.63 bits per heavy atom. The van der Waals surface area contributed by atoms with E-state index in [0.717, 1.165) is 11.1 Å². The van der Waals surface area contributed by atoms with E-state index in [1.807, 2.05) is 30.3 Å². The molecule has 0 saturated carbocycles. The van der Waals surface area contributed by atoms with Crippen molar-refractivity contribution in [1.29, 1.82) is 0 Å². The number of oxazole rings is 1. The molecule has 0 aliphatic heterocycles. The Kier molecular flexibility index (Phi) is 2.12. The average Bonchev–Trinajstić information content (AvgIpc) is 2.90. The summed E-state index contributed by atoms with van der Waals surface area (Å²) in [5.41, 5.74) is 2.33. The lowest BCUT2D eigenvalue weighted by Crippen LogP contribution is -1.78. The molecule has 2 aromatic carbocycles. The van der Waals surface area contributed by atoms with E-state index in [4.69, 9.17) is 4.42 Å². The van der Waals surface area contributed by atoms with Gasteiger partial charge in [0.2, 0.25) is 11.6 Å². The summed E-state index contributed by atoms with van der Waals surface area (Å²) < 4.78 is 5.68. The number of fused-ring (bicyclic) bond motifs is 2. The highest BCUT2D eigenvalue weighted by atomic mass is 16.4. The van der Waals surface area contributed by atoms with Crippen LogP contribution < -0.4 is 0 Å². The van der Waals surface area contributed by atoms with Gasteiger partial charge in [-0.1, -0.05) is 30.3 Å². The van der Waals surface area contributed by atoms with E-state index in [2.05, 4.69) is 34.2 Å². The summed E-state index contributed by atoms with van der Waals surface area (Å²) >= 11 is 0. The Balaban J connectivity index is 1.93. The molecule has 90 valence electrons. The van der Waals surface area contributed by atoms with Crippen LogP contribution in [-0.2, 0) is 0 Å². The van der Waals surface area contributed by atoms with Crippen LogP contribution in [0.15, 0.2) is 65.2 Å². The van der Waals surface area contributed by atoms with Crippen molar-refractivity contribution in [2.45, 2.75) is 0 Å². The highest BCUT2D eigenvalue weighted by Crippen LogP contribution is 2.26. The predicted octanol–water partition coefficient (Wildman–Crippen LogP) is 4.04. The molecular weight excluding hydrogens is 236 g/mol. The van der Waals surface area contributed by atoms with Crippen molar-refractivity contribution in [3.8, 4) is 11.5 Å². The first-order valence-electron chi connectivity index (χ1n) is 6.11. The molecule has 4 rings (SSSR count). The maximum atomic E-state index is 5.68. The Bertz CT molecular complexity index is 847. The van der Waals surface area contributed by atoms with Gasteiger partial charge in [-0.05, 0) is 35.0 Å². The molecule has 2 heterocycles. The summed E-state index contributed by atoms with van der Waals surface area (Å²) in [5, 5.41) is 2.38. The van der Waals surface area contributed by atoms with Crippen LogP contribution in [0.1, 0.15) is 0 Å². The minimum Gasteiger partial charge on any atom is -0.418 e. The number of pyridine rings is 1. The highest BCUT2D eigenvalue weighted by molar-refractivity contribution is 5.86. The van der Waals surface area contributed by atoms with Crippen LogP contribution in [0, 0.1) is 0 Å². The smallest absolute Gasteiger partial charge is 0.247 e. The van der Waals surface area contributed by atoms with Gasteiger partial charge in [-0.25, -0.2) is 9.97 Å². The Morgan fingerprint density at radius 1 is 0.842 bits per heavy atom. The molecule has 19 heavy (non-hydrogen) atoms. The molecule has 2 aromatic heterocycles. The summed E-state index contributed by atoms with van der Waals surface area (Å²) in [7, 11) is 0. The average molecular weight is 246 g/mol. The molecule has 0 saturated heterocycles. The molecule has 3 nitrogen and oxygen atoms in total. The zero-order valence-electron chi connectivity index (χ0n) is 10.1. The van der Waals surface area contributed by atoms with Crippen LogP contribution >= 0.6 is 0 Å². The summed E-state index contributed by atoms with van der Waals surface area (Å²) in [5.74, 6) is 0.611. The number of rotatable bonds is 1. The Hall–Kier alpha value is -2.68. The van der Waals surface area contributed by atoms with Gasteiger partial charge in [0.15, 0.2) is 0 Å². The maximum absolute atomic E-state index is 5.68. The van der Waals surface area contributed by atoms with Crippen LogP contribution in [0.3, 0.4) is 0 Å². The van der Waals surface area contributed by atoms with Crippen molar-refractivity contribution in [2.24, 2.45) is 0 Å². The fourth-order valence-corrected chi connectivity index (χ4v) is 2.22. The topological polar surface area (TPSA) is 38.9 Å². The van der Waals surface area contributed by atoms with Gasteiger partial charge >= 0.3 is 0 Å². The van der Waals surface area contributed by atoms with Crippen LogP contribution in [0.2, 0.25) is 0 Å². The molecule has 0 N–H and O–H groups in total. The zero-order valence-corrected chi connectivity index (χ0v) is 10.1.